The second-order valence-corrected chi connectivity index (χ2v) is 8.01. The van der Waals surface area contributed by atoms with E-state index < -0.39 is 0 Å². The summed E-state index contributed by atoms with van der Waals surface area (Å²) in [4.78, 5) is 26.6. The fourth-order valence-corrected chi connectivity index (χ4v) is 4.26. The number of likely N-dealkylation sites (tertiary alicyclic amines) is 1. The maximum atomic E-state index is 12.8. The van der Waals surface area contributed by atoms with Gasteiger partial charge in [0.15, 0.2) is 0 Å². The van der Waals surface area contributed by atoms with Gasteiger partial charge in [-0.2, -0.15) is 0 Å². The normalized spacial score (nSPS) is 19.7. The molecule has 1 aromatic carbocycles. The Morgan fingerprint density at radius 2 is 2.03 bits per heavy atom. The summed E-state index contributed by atoms with van der Waals surface area (Å²) in [6.45, 7) is 5.04. The van der Waals surface area contributed by atoms with E-state index in [1.165, 1.54) is 12.8 Å². The molecule has 0 spiro atoms. The van der Waals surface area contributed by atoms with Crippen molar-refractivity contribution in [3.63, 3.8) is 0 Å². The van der Waals surface area contributed by atoms with Gasteiger partial charge in [0.1, 0.15) is 11.6 Å². The molecule has 4 rings (SSSR count). The van der Waals surface area contributed by atoms with Gasteiger partial charge in [0, 0.05) is 31.3 Å². The number of hydrogen-bond donors (Lipinski definition) is 0. The highest BCUT2D eigenvalue weighted by Gasteiger charge is 2.26. The number of amides is 1. The summed E-state index contributed by atoms with van der Waals surface area (Å²) in [6, 6.07) is 8.12. The van der Waals surface area contributed by atoms with E-state index in [0.717, 1.165) is 54.3 Å². The average molecular weight is 395 g/mol. The van der Waals surface area contributed by atoms with Crippen LogP contribution in [0.2, 0.25) is 0 Å². The van der Waals surface area contributed by atoms with Gasteiger partial charge in [-0.15, -0.1) is 0 Å². The van der Waals surface area contributed by atoms with Crippen molar-refractivity contribution in [2.75, 3.05) is 26.7 Å². The van der Waals surface area contributed by atoms with Crippen molar-refractivity contribution in [1.82, 2.24) is 19.8 Å². The second kappa shape index (κ2) is 8.91. The van der Waals surface area contributed by atoms with Crippen molar-refractivity contribution >= 4 is 5.91 Å². The molecule has 0 unspecified atom stereocenters. The van der Waals surface area contributed by atoms with Crippen molar-refractivity contribution in [1.29, 1.82) is 0 Å². The zero-order chi connectivity index (χ0) is 20.2. The van der Waals surface area contributed by atoms with Crippen LogP contribution in [-0.4, -0.2) is 52.4 Å². The molecule has 1 fully saturated rings. The summed E-state index contributed by atoms with van der Waals surface area (Å²) in [5.74, 6) is 1.93. The first kappa shape index (κ1) is 19.8. The lowest BCUT2D eigenvalue weighted by atomic mass is 10.0. The van der Waals surface area contributed by atoms with Gasteiger partial charge >= 0.3 is 0 Å². The Balaban J connectivity index is 1.39. The molecule has 0 N–H and O–H groups in total. The molecule has 0 radical (unpaired) electrons. The van der Waals surface area contributed by atoms with Gasteiger partial charge in [-0.1, -0.05) is 18.6 Å². The lowest BCUT2D eigenvalue weighted by Gasteiger charge is -2.33. The molecule has 29 heavy (non-hydrogen) atoms. The second-order valence-electron chi connectivity index (χ2n) is 8.01. The van der Waals surface area contributed by atoms with Gasteiger partial charge in [-0.05, 0) is 51.1 Å². The van der Waals surface area contributed by atoms with Crippen LogP contribution >= 0.6 is 0 Å². The van der Waals surface area contributed by atoms with E-state index in [-0.39, 0.29) is 5.91 Å². The third-order valence-corrected chi connectivity index (χ3v) is 5.96. The Hall–Kier alpha value is -2.47. The number of fused-ring (bicyclic) bond motifs is 1. The summed E-state index contributed by atoms with van der Waals surface area (Å²) in [6.07, 6.45) is 6.77. The number of benzene rings is 1. The number of hydrogen-bond acceptors (Lipinski definition) is 5. The van der Waals surface area contributed by atoms with Crippen LogP contribution in [0, 0.1) is 0 Å². The maximum Gasteiger partial charge on any atom is 0.227 e. The summed E-state index contributed by atoms with van der Waals surface area (Å²) >= 11 is 0. The van der Waals surface area contributed by atoms with Crippen molar-refractivity contribution in [2.24, 2.45) is 0 Å². The molecule has 2 aliphatic rings. The van der Waals surface area contributed by atoms with E-state index in [0.29, 0.717) is 25.6 Å². The van der Waals surface area contributed by atoms with Crippen LogP contribution in [0.25, 0.3) is 0 Å². The predicted octanol–water partition coefficient (Wildman–Crippen LogP) is 3.16. The quantitative estimate of drug-likeness (QED) is 0.780. The molecule has 154 valence electrons. The molecule has 3 heterocycles. The monoisotopic (exact) mass is 394 g/mol. The number of piperidine rings is 1. The highest BCUT2D eigenvalue weighted by molar-refractivity contribution is 5.79. The number of rotatable bonds is 5. The van der Waals surface area contributed by atoms with Crippen LogP contribution in [0.15, 0.2) is 30.5 Å². The molecule has 6 nitrogen and oxygen atoms in total. The van der Waals surface area contributed by atoms with Gasteiger partial charge in [0.05, 0.1) is 24.8 Å². The largest absolute Gasteiger partial charge is 0.494 e. The van der Waals surface area contributed by atoms with E-state index in [9.17, 15) is 4.79 Å². The van der Waals surface area contributed by atoms with E-state index in [2.05, 4.69) is 16.9 Å². The van der Waals surface area contributed by atoms with E-state index in [1.54, 1.807) is 0 Å². The van der Waals surface area contributed by atoms with Crippen LogP contribution in [0.1, 0.15) is 54.9 Å². The molecule has 2 aliphatic heterocycles. The minimum atomic E-state index is 0.149. The highest BCUT2D eigenvalue weighted by Crippen LogP contribution is 2.28. The topological polar surface area (TPSA) is 58.6 Å². The molecule has 6 heteroatoms. The van der Waals surface area contributed by atoms with Crippen molar-refractivity contribution in [3.05, 3.63) is 53.1 Å². The first-order valence-corrected chi connectivity index (χ1v) is 10.7. The van der Waals surface area contributed by atoms with Crippen LogP contribution in [0.3, 0.4) is 0 Å². The molecule has 1 atom stereocenters. The molecule has 1 amide bonds. The van der Waals surface area contributed by atoms with Crippen molar-refractivity contribution in [3.8, 4) is 5.75 Å². The van der Waals surface area contributed by atoms with E-state index >= 15 is 0 Å². The Labute approximate surface area is 172 Å². The number of aromatic nitrogens is 2. The molecule has 0 aliphatic carbocycles. The number of carbonyl (C=O) groups is 1. The Kier molecular flexibility index (Phi) is 6.09. The highest BCUT2D eigenvalue weighted by atomic mass is 16.5. The van der Waals surface area contributed by atoms with Crippen molar-refractivity contribution < 1.29 is 9.53 Å². The van der Waals surface area contributed by atoms with Crippen LogP contribution in [0.4, 0.5) is 0 Å². The molecule has 2 aromatic rings. The minimum Gasteiger partial charge on any atom is -0.494 e. The predicted molar refractivity (Wildman–Crippen MR) is 112 cm³/mol. The van der Waals surface area contributed by atoms with Gasteiger partial charge < -0.3 is 9.64 Å². The lowest BCUT2D eigenvalue weighted by molar-refractivity contribution is -0.131. The van der Waals surface area contributed by atoms with E-state index in [4.69, 9.17) is 9.72 Å². The first-order chi connectivity index (χ1) is 14.1. The SMILES string of the molecule is CCOc1ccc(CC(=O)N2CCc3nc([C@@H]4CCCCN4C)ncc3C2)cc1. The van der Waals surface area contributed by atoms with Crippen LogP contribution in [0.5, 0.6) is 5.75 Å². The number of carbonyl (C=O) groups excluding carboxylic acids is 1. The molecule has 0 saturated carbocycles. The zero-order valence-electron chi connectivity index (χ0n) is 17.4. The summed E-state index contributed by atoms with van der Waals surface area (Å²) < 4.78 is 5.47. The summed E-state index contributed by atoms with van der Waals surface area (Å²) in [5, 5.41) is 0. The maximum absolute atomic E-state index is 12.8. The molecule has 0 bridgehead atoms. The fourth-order valence-electron chi connectivity index (χ4n) is 4.26. The van der Waals surface area contributed by atoms with Gasteiger partial charge in [-0.3, -0.25) is 9.69 Å². The average Bonchev–Trinajstić information content (AvgIpc) is 2.75. The summed E-state index contributed by atoms with van der Waals surface area (Å²) in [5.41, 5.74) is 3.20. The van der Waals surface area contributed by atoms with Crippen LogP contribution in [-0.2, 0) is 24.2 Å². The standard InChI is InChI=1S/C23H30N4O2/c1-3-29-19-9-7-17(8-10-19)14-22(28)27-13-11-20-18(16-27)15-24-23(25-20)21-6-4-5-12-26(21)2/h7-10,15,21H,3-6,11-14,16H2,1-2H3/t21-/m0/s1. The molecular formula is C23H30N4O2. The summed E-state index contributed by atoms with van der Waals surface area (Å²) in [7, 11) is 2.16. The third-order valence-electron chi connectivity index (χ3n) is 5.96. The van der Waals surface area contributed by atoms with Gasteiger partial charge in [-0.25, -0.2) is 9.97 Å². The smallest absolute Gasteiger partial charge is 0.227 e. The third kappa shape index (κ3) is 4.58. The van der Waals surface area contributed by atoms with Crippen LogP contribution < -0.4 is 4.74 Å². The number of ether oxygens (including phenoxy) is 1. The zero-order valence-corrected chi connectivity index (χ0v) is 17.4. The molecule has 1 saturated heterocycles. The first-order valence-electron chi connectivity index (χ1n) is 10.7. The fraction of sp³-hybridized carbons (Fsp3) is 0.522. The lowest BCUT2D eigenvalue weighted by Crippen LogP contribution is -2.38. The number of nitrogens with zero attached hydrogens (tertiary/aromatic N) is 4. The molecular weight excluding hydrogens is 364 g/mol. The van der Waals surface area contributed by atoms with Crippen molar-refractivity contribution in [2.45, 2.75) is 51.6 Å². The Morgan fingerprint density at radius 3 is 2.79 bits per heavy atom. The van der Waals surface area contributed by atoms with Gasteiger partial charge in [0.2, 0.25) is 5.91 Å². The minimum absolute atomic E-state index is 0.149. The Morgan fingerprint density at radius 1 is 1.21 bits per heavy atom. The van der Waals surface area contributed by atoms with E-state index in [1.807, 2.05) is 42.3 Å². The van der Waals surface area contributed by atoms with Gasteiger partial charge in [0.25, 0.3) is 0 Å². The Bertz CT molecular complexity index is 852. The molecule has 1 aromatic heterocycles.